The van der Waals surface area contributed by atoms with Crippen LogP contribution in [0.15, 0.2) is 30.3 Å². The van der Waals surface area contributed by atoms with Gasteiger partial charge in [-0.25, -0.2) is 0 Å². The van der Waals surface area contributed by atoms with Gasteiger partial charge in [0.2, 0.25) is 0 Å². The van der Waals surface area contributed by atoms with Crippen molar-refractivity contribution >= 4 is 15.9 Å². The smallest absolute Gasteiger partial charge is 0.0502 e. The van der Waals surface area contributed by atoms with Crippen LogP contribution in [-0.4, -0.2) is 43.6 Å². The van der Waals surface area contributed by atoms with Gasteiger partial charge in [-0.2, -0.15) is 0 Å². The van der Waals surface area contributed by atoms with Crippen molar-refractivity contribution in [3.05, 3.63) is 35.9 Å². The topological polar surface area (TPSA) is 12.5 Å². The number of hydrogen-bond donors (Lipinski definition) is 0. The summed E-state index contributed by atoms with van der Waals surface area (Å²) in [7, 11) is 1.81. The van der Waals surface area contributed by atoms with E-state index in [4.69, 9.17) is 4.74 Å². The molecule has 19 heavy (non-hydrogen) atoms. The van der Waals surface area contributed by atoms with E-state index in [9.17, 15) is 0 Å². The number of piperidine rings is 1. The standard InChI is InChI=1S/C16H24BrNO/c1-19-13-14-6-5-9-18(11-14)12-16(10-17)15-7-3-2-4-8-15/h2-4,7-8,14,16H,5-6,9-13H2,1H3. The van der Waals surface area contributed by atoms with E-state index in [0.717, 1.165) is 18.5 Å². The Balaban J connectivity index is 1.91. The van der Waals surface area contributed by atoms with Crippen LogP contribution in [0.4, 0.5) is 0 Å². The number of rotatable bonds is 6. The van der Waals surface area contributed by atoms with E-state index in [2.05, 4.69) is 51.2 Å². The van der Waals surface area contributed by atoms with E-state index in [1.54, 1.807) is 0 Å². The molecule has 2 rings (SSSR count). The van der Waals surface area contributed by atoms with Gasteiger partial charge in [-0.1, -0.05) is 46.3 Å². The molecule has 1 aromatic carbocycles. The number of alkyl halides is 1. The van der Waals surface area contributed by atoms with E-state index >= 15 is 0 Å². The molecule has 0 N–H and O–H groups in total. The molecule has 0 spiro atoms. The average molecular weight is 326 g/mol. The van der Waals surface area contributed by atoms with Gasteiger partial charge in [-0.15, -0.1) is 0 Å². The first-order valence-electron chi connectivity index (χ1n) is 7.15. The lowest BCUT2D eigenvalue weighted by atomic mass is 9.95. The van der Waals surface area contributed by atoms with Gasteiger partial charge in [-0.05, 0) is 30.9 Å². The second-order valence-corrected chi connectivity index (χ2v) is 6.13. The lowest BCUT2D eigenvalue weighted by molar-refractivity contribution is 0.0886. The minimum atomic E-state index is 0.586. The van der Waals surface area contributed by atoms with Crippen molar-refractivity contribution in [2.24, 2.45) is 5.92 Å². The molecule has 2 atom stereocenters. The molecule has 2 nitrogen and oxygen atoms in total. The first-order valence-corrected chi connectivity index (χ1v) is 8.27. The molecule has 1 heterocycles. The lowest BCUT2D eigenvalue weighted by Gasteiger charge is -2.34. The maximum absolute atomic E-state index is 5.31. The van der Waals surface area contributed by atoms with E-state index in [-0.39, 0.29) is 0 Å². The predicted octanol–water partition coefficient (Wildman–Crippen LogP) is 3.52. The van der Waals surface area contributed by atoms with Gasteiger partial charge in [0.05, 0.1) is 6.61 Å². The van der Waals surface area contributed by atoms with Crippen LogP contribution in [0.3, 0.4) is 0 Å². The normalized spacial score (nSPS) is 22.3. The summed E-state index contributed by atoms with van der Waals surface area (Å²) in [6, 6.07) is 10.8. The third kappa shape index (κ3) is 4.59. The summed E-state index contributed by atoms with van der Waals surface area (Å²) < 4.78 is 5.31. The zero-order valence-electron chi connectivity index (χ0n) is 11.7. The Kier molecular flexibility index (Phi) is 6.35. The van der Waals surface area contributed by atoms with Crippen LogP contribution in [0.25, 0.3) is 0 Å². The quantitative estimate of drug-likeness (QED) is 0.742. The number of nitrogens with zero attached hydrogens (tertiary/aromatic N) is 1. The highest BCUT2D eigenvalue weighted by atomic mass is 79.9. The van der Waals surface area contributed by atoms with Crippen LogP contribution in [0.1, 0.15) is 24.3 Å². The Morgan fingerprint density at radius 2 is 2.16 bits per heavy atom. The largest absolute Gasteiger partial charge is 0.384 e. The summed E-state index contributed by atoms with van der Waals surface area (Å²) in [5.74, 6) is 1.30. The Hall–Kier alpha value is -0.380. The molecule has 2 unspecified atom stereocenters. The summed E-state index contributed by atoms with van der Waals surface area (Å²) in [6.45, 7) is 4.47. The molecule has 0 aliphatic carbocycles. The molecule has 106 valence electrons. The summed E-state index contributed by atoms with van der Waals surface area (Å²) in [4.78, 5) is 2.60. The number of likely N-dealkylation sites (tertiary alicyclic amines) is 1. The fraction of sp³-hybridized carbons (Fsp3) is 0.625. The Morgan fingerprint density at radius 1 is 1.37 bits per heavy atom. The average Bonchev–Trinajstić information content (AvgIpc) is 2.46. The van der Waals surface area contributed by atoms with E-state index in [0.29, 0.717) is 11.8 Å². The van der Waals surface area contributed by atoms with Gasteiger partial charge in [0.15, 0.2) is 0 Å². The number of benzene rings is 1. The third-order valence-corrected chi connectivity index (χ3v) is 4.72. The van der Waals surface area contributed by atoms with Crippen molar-refractivity contribution in [3.63, 3.8) is 0 Å². The minimum Gasteiger partial charge on any atom is -0.384 e. The van der Waals surface area contributed by atoms with Crippen LogP contribution in [0.5, 0.6) is 0 Å². The molecule has 1 aromatic rings. The maximum atomic E-state index is 5.31. The van der Waals surface area contributed by atoms with Gasteiger partial charge >= 0.3 is 0 Å². The Bertz CT molecular complexity index is 355. The zero-order valence-corrected chi connectivity index (χ0v) is 13.3. The SMILES string of the molecule is COCC1CCCN(CC(CBr)c2ccccc2)C1. The molecule has 0 saturated carbocycles. The highest BCUT2D eigenvalue weighted by Gasteiger charge is 2.22. The molecule has 0 amide bonds. The summed E-state index contributed by atoms with van der Waals surface area (Å²) in [6.07, 6.45) is 2.62. The van der Waals surface area contributed by atoms with Crippen molar-refractivity contribution in [2.45, 2.75) is 18.8 Å². The maximum Gasteiger partial charge on any atom is 0.0502 e. The highest BCUT2D eigenvalue weighted by Crippen LogP contribution is 2.23. The summed E-state index contributed by atoms with van der Waals surface area (Å²) in [5, 5.41) is 1.03. The van der Waals surface area contributed by atoms with Gasteiger partial charge in [0, 0.05) is 31.4 Å². The van der Waals surface area contributed by atoms with Crippen molar-refractivity contribution in [2.75, 3.05) is 38.7 Å². The van der Waals surface area contributed by atoms with Gasteiger partial charge in [0.1, 0.15) is 0 Å². The zero-order chi connectivity index (χ0) is 13.5. The monoisotopic (exact) mass is 325 g/mol. The van der Waals surface area contributed by atoms with E-state index < -0.39 is 0 Å². The van der Waals surface area contributed by atoms with Gasteiger partial charge in [0.25, 0.3) is 0 Å². The Morgan fingerprint density at radius 3 is 2.84 bits per heavy atom. The van der Waals surface area contributed by atoms with Crippen LogP contribution in [-0.2, 0) is 4.74 Å². The molecular formula is C16H24BrNO. The molecule has 1 aliphatic rings. The molecule has 0 radical (unpaired) electrons. The molecule has 1 aliphatic heterocycles. The first-order chi connectivity index (χ1) is 9.33. The predicted molar refractivity (Wildman–Crippen MR) is 84.0 cm³/mol. The molecule has 0 bridgehead atoms. The van der Waals surface area contributed by atoms with Crippen molar-refractivity contribution in [3.8, 4) is 0 Å². The molecule has 0 aromatic heterocycles. The van der Waals surface area contributed by atoms with Crippen LogP contribution in [0, 0.1) is 5.92 Å². The molecule has 3 heteroatoms. The van der Waals surface area contributed by atoms with Crippen LogP contribution < -0.4 is 0 Å². The summed E-state index contributed by atoms with van der Waals surface area (Å²) in [5.41, 5.74) is 1.44. The molecule has 1 fully saturated rings. The summed E-state index contributed by atoms with van der Waals surface area (Å²) >= 11 is 3.67. The van der Waals surface area contributed by atoms with Crippen molar-refractivity contribution in [1.29, 1.82) is 0 Å². The number of methoxy groups -OCH3 is 1. The molecule has 1 saturated heterocycles. The molecular weight excluding hydrogens is 302 g/mol. The fourth-order valence-electron chi connectivity index (χ4n) is 2.97. The van der Waals surface area contributed by atoms with Crippen LogP contribution in [0.2, 0.25) is 0 Å². The Labute approximate surface area is 125 Å². The van der Waals surface area contributed by atoms with Gasteiger partial charge in [-0.3, -0.25) is 0 Å². The van der Waals surface area contributed by atoms with E-state index in [1.165, 1.54) is 31.5 Å². The van der Waals surface area contributed by atoms with E-state index in [1.807, 2.05) is 7.11 Å². The van der Waals surface area contributed by atoms with Crippen molar-refractivity contribution < 1.29 is 4.74 Å². The number of ether oxygens (including phenoxy) is 1. The van der Waals surface area contributed by atoms with Gasteiger partial charge < -0.3 is 9.64 Å². The number of halogens is 1. The third-order valence-electron chi connectivity index (χ3n) is 3.94. The minimum absolute atomic E-state index is 0.586. The number of hydrogen-bond acceptors (Lipinski definition) is 2. The van der Waals surface area contributed by atoms with Crippen LogP contribution >= 0.6 is 15.9 Å². The fourth-order valence-corrected chi connectivity index (χ4v) is 3.55. The lowest BCUT2D eigenvalue weighted by Crippen LogP contribution is -2.39. The van der Waals surface area contributed by atoms with Crippen molar-refractivity contribution in [1.82, 2.24) is 4.90 Å². The second-order valence-electron chi connectivity index (χ2n) is 5.49. The highest BCUT2D eigenvalue weighted by molar-refractivity contribution is 9.09. The second kappa shape index (κ2) is 8.03. The first kappa shape index (κ1) is 15.0.